The first-order valence-corrected chi connectivity index (χ1v) is 3.49. The molecule has 1 aromatic rings. The van der Waals surface area contributed by atoms with Gasteiger partial charge in [-0.2, -0.15) is 0 Å². The molecule has 2 rings (SSSR count). The Morgan fingerprint density at radius 2 is 2.36 bits per heavy atom. The summed E-state index contributed by atoms with van der Waals surface area (Å²) < 4.78 is 0. The van der Waals surface area contributed by atoms with Crippen LogP contribution in [0.25, 0.3) is 0 Å². The van der Waals surface area contributed by atoms with E-state index in [0.717, 1.165) is 11.5 Å². The van der Waals surface area contributed by atoms with Gasteiger partial charge in [-0.15, -0.1) is 5.53 Å². The molecule has 58 valence electrons. The molecule has 0 fully saturated rings. The van der Waals surface area contributed by atoms with Crippen LogP contribution in [0.3, 0.4) is 0 Å². The maximum absolute atomic E-state index is 4.19. The molecule has 0 saturated heterocycles. The highest BCUT2D eigenvalue weighted by Gasteiger charge is 2.14. The van der Waals surface area contributed by atoms with Crippen LogP contribution in [-0.2, 0) is 0 Å². The monoisotopic (exact) mass is 150 g/mol. The Balaban J connectivity index is 2.52. The van der Waals surface area contributed by atoms with Gasteiger partial charge < -0.3 is 0 Å². The maximum atomic E-state index is 4.19. The lowest BCUT2D eigenvalue weighted by molar-refractivity contribution is 0.819. The molecule has 1 aliphatic rings. The van der Waals surface area contributed by atoms with Crippen LogP contribution in [0, 0.1) is 6.92 Å². The van der Waals surface area contributed by atoms with E-state index >= 15 is 0 Å². The molecule has 0 spiro atoms. The van der Waals surface area contributed by atoms with Gasteiger partial charge >= 0.3 is 0 Å². The van der Waals surface area contributed by atoms with Crippen LogP contribution in [-0.4, -0.2) is 12.0 Å². The topological polar surface area (TPSA) is 40.2 Å². The van der Waals surface area contributed by atoms with Crippen molar-refractivity contribution >= 4 is 11.5 Å². The quantitative estimate of drug-likeness (QED) is 0.570. The average molecular weight is 150 g/mol. The predicted molar refractivity (Wildman–Crippen MR) is 44.1 cm³/mol. The molecule has 1 aliphatic heterocycles. The van der Waals surface area contributed by atoms with E-state index in [2.05, 4.69) is 22.0 Å². The molecule has 0 radical (unpaired) electrons. The molecule has 0 amide bonds. The number of hydrogen-bond acceptors (Lipinski definition) is 4. The fraction of sp³-hybridized carbons (Fsp3) is 0.286. The molecule has 0 atom stereocenters. The minimum atomic E-state index is 0.887. The van der Waals surface area contributed by atoms with Crippen molar-refractivity contribution < 1.29 is 0 Å². The van der Waals surface area contributed by atoms with Gasteiger partial charge in [0.15, 0.2) is 5.82 Å². The Bertz CT molecular complexity index is 284. The first-order chi connectivity index (χ1) is 5.27. The second-order valence-corrected chi connectivity index (χ2v) is 2.68. The van der Waals surface area contributed by atoms with Crippen LogP contribution in [0.1, 0.15) is 5.56 Å². The largest absolute Gasteiger partial charge is 0.290 e. The van der Waals surface area contributed by atoms with Gasteiger partial charge in [-0.1, -0.05) is 0 Å². The Morgan fingerprint density at radius 3 is 3.18 bits per heavy atom. The molecule has 0 unspecified atom stereocenters. The highest BCUT2D eigenvalue weighted by Crippen LogP contribution is 2.25. The van der Waals surface area contributed by atoms with Crippen LogP contribution in [0.5, 0.6) is 0 Å². The number of hydrazine groups is 2. The lowest BCUT2D eigenvalue weighted by Gasteiger charge is -2.08. The molecule has 4 heteroatoms. The molecule has 4 nitrogen and oxygen atoms in total. The highest BCUT2D eigenvalue weighted by molar-refractivity contribution is 5.68. The van der Waals surface area contributed by atoms with E-state index in [0.29, 0.717) is 0 Å². The van der Waals surface area contributed by atoms with Crippen molar-refractivity contribution in [3.05, 3.63) is 17.8 Å². The standard InChI is InChI=1S/C7H10N4/c1-5-3-6-7(8-4-5)9-10-11(6)2/h3-4,10H,1-2H3,(H,8,9). The number of fused-ring (bicyclic) bond motifs is 1. The van der Waals surface area contributed by atoms with Gasteiger partial charge in [0.05, 0.1) is 5.69 Å². The number of pyridine rings is 1. The van der Waals surface area contributed by atoms with Crippen molar-refractivity contribution in [3.63, 3.8) is 0 Å². The van der Waals surface area contributed by atoms with E-state index in [4.69, 9.17) is 0 Å². The SMILES string of the molecule is Cc1cnc2c(c1)N(C)NN2. The lowest BCUT2D eigenvalue weighted by Crippen LogP contribution is -2.31. The molecule has 0 bridgehead atoms. The third-order valence-corrected chi connectivity index (χ3v) is 1.71. The van der Waals surface area contributed by atoms with E-state index in [-0.39, 0.29) is 0 Å². The van der Waals surface area contributed by atoms with Crippen LogP contribution < -0.4 is 16.0 Å². The van der Waals surface area contributed by atoms with E-state index in [1.807, 2.05) is 25.2 Å². The molecule has 2 heterocycles. The van der Waals surface area contributed by atoms with E-state index in [1.165, 1.54) is 5.56 Å². The van der Waals surface area contributed by atoms with E-state index in [9.17, 15) is 0 Å². The number of hydrogen-bond donors (Lipinski definition) is 2. The maximum Gasteiger partial charge on any atom is 0.166 e. The third-order valence-electron chi connectivity index (χ3n) is 1.71. The minimum absolute atomic E-state index is 0.887. The van der Waals surface area contributed by atoms with Gasteiger partial charge in [-0.05, 0) is 18.6 Å². The van der Waals surface area contributed by atoms with Crippen molar-refractivity contribution in [2.45, 2.75) is 6.92 Å². The average Bonchev–Trinajstić information content (AvgIpc) is 2.33. The van der Waals surface area contributed by atoms with Gasteiger partial charge in [-0.3, -0.25) is 10.4 Å². The number of anilines is 2. The molecule has 0 aromatic carbocycles. The number of nitrogens with one attached hydrogen (secondary N) is 2. The van der Waals surface area contributed by atoms with Gasteiger partial charge in [0.25, 0.3) is 0 Å². The number of nitrogens with zero attached hydrogens (tertiary/aromatic N) is 2. The summed E-state index contributed by atoms with van der Waals surface area (Å²) in [6.07, 6.45) is 1.84. The lowest BCUT2D eigenvalue weighted by atomic mass is 10.3. The van der Waals surface area contributed by atoms with Crippen molar-refractivity contribution in [1.82, 2.24) is 10.5 Å². The normalized spacial score (nSPS) is 14.5. The van der Waals surface area contributed by atoms with Crippen molar-refractivity contribution in [2.75, 3.05) is 17.5 Å². The number of rotatable bonds is 0. The van der Waals surface area contributed by atoms with E-state index in [1.54, 1.807) is 0 Å². The Hall–Kier alpha value is -1.29. The zero-order valence-electron chi connectivity index (χ0n) is 6.55. The summed E-state index contributed by atoms with van der Waals surface area (Å²) in [6.45, 7) is 2.03. The third kappa shape index (κ3) is 0.914. The van der Waals surface area contributed by atoms with Crippen molar-refractivity contribution in [2.24, 2.45) is 0 Å². The van der Waals surface area contributed by atoms with Gasteiger partial charge in [-0.25, -0.2) is 4.98 Å². The van der Waals surface area contributed by atoms with Gasteiger partial charge in [0.1, 0.15) is 0 Å². The molecule has 0 saturated carbocycles. The molecule has 0 aliphatic carbocycles. The summed E-state index contributed by atoms with van der Waals surface area (Å²) in [5.74, 6) is 0.887. The second kappa shape index (κ2) is 2.10. The highest BCUT2D eigenvalue weighted by atomic mass is 15.7. The summed E-state index contributed by atoms with van der Waals surface area (Å²) >= 11 is 0. The second-order valence-electron chi connectivity index (χ2n) is 2.68. The molecule has 2 N–H and O–H groups in total. The van der Waals surface area contributed by atoms with Crippen LogP contribution in [0.15, 0.2) is 12.3 Å². The number of aromatic nitrogens is 1. The summed E-state index contributed by atoms with van der Waals surface area (Å²) in [7, 11) is 1.94. The van der Waals surface area contributed by atoms with Crippen LogP contribution in [0.4, 0.5) is 11.5 Å². The van der Waals surface area contributed by atoms with Crippen molar-refractivity contribution in [1.29, 1.82) is 0 Å². The van der Waals surface area contributed by atoms with Crippen LogP contribution in [0.2, 0.25) is 0 Å². The first-order valence-electron chi connectivity index (χ1n) is 3.49. The van der Waals surface area contributed by atoms with Crippen LogP contribution >= 0.6 is 0 Å². The van der Waals surface area contributed by atoms with E-state index < -0.39 is 0 Å². The zero-order chi connectivity index (χ0) is 7.84. The Kier molecular flexibility index (Phi) is 1.22. The first kappa shape index (κ1) is 6.42. The minimum Gasteiger partial charge on any atom is -0.290 e. The van der Waals surface area contributed by atoms with Gasteiger partial charge in [0, 0.05) is 13.2 Å². The summed E-state index contributed by atoms with van der Waals surface area (Å²) in [4.78, 5) is 4.19. The fourth-order valence-corrected chi connectivity index (χ4v) is 1.10. The predicted octanol–water partition coefficient (Wildman–Crippen LogP) is 0.671. The van der Waals surface area contributed by atoms with Gasteiger partial charge in [0.2, 0.25) is 0 Å². The smallest absolute Gasteiger partial charge is 0.166 e. The van der Waals surface area contributed by atoms with Crippen molar-refractivity contribution in [3.8, 4) is 0 Å². The Labute approximate surface area is 65.2 Å². The number of aryl methyl sites for hydroxylation is 1. The summed E-state index contributed by atoms with van der Waals surface area (Å²) in [5, 5.41) is 1.90. The molecule has 1 aromatic heterocycles. The zero-order valence-corrected chi connectivity index (χ0v) is 6.55. The Morgan fingerprint density at radius 1 is 1.55 bits per heavy atom. The molecular weight excluding hydrogens is 140 g/mol. The summed E-state index contributed by atoms with van der Waals surface area (Å²) in [5.41, 5.74) is 8.13. The summed E-state index contributed by atoms with van der Waals surface area (Å²) in [6, 6.07) is 2.08. The molecule has 11 heavy (non-hydrogen) atoms. The molecular formula is C7H10N4. The fourth-order valence-electron chi connectivity index (χ4n) is 1.10.